The summed E-state index contributed by atoms with van der Waals surface area (Å²) in [5, 5.41) is 0. The molecule has 0 saturated carbocycles. The Bertz CT molecular complexity index is 717. The Labute approximate surface area is 117 Å². The van der Waals surface area contributed by atoms with Crippen molar-refractivity contribution in [3.05, 3.63) is 53.9 Å². The standard InChI is InChI=1S/C16H16N2O2/c1-2-11-3-6-13(7-4-11)19-10-16-18-14-9-12(17)5-8-15(14)20-16/h3-9H,2,10,17H2,1H3. The molecule has 0 bridgehead atoms. The lowest BCUT2D eigenvalue weighted by atomic mass is 10.2. The topological polar surface area (TPSA) is 61.3 Å². The average molecular weight is 268 g/mol. The van der Waals surface area contributed by atoms with Crippen molar-refractivity contribution in [1.29, 1.82) is 0 Å². The highest BCUT2D eigenvalue weighted by molar-refractivity contribution is 5.76. The first-order valence-electron chi connectivity index (χ1n) is 6.61. The van der Waals surface area contributed by atoms with E-state index in [1.807, 2.05) is 18.2 Å². The molecule has 20 heavy (non-hydrogen) atoms. The number of ether oxygens (including phenoxy) is 1. The summed E-state index contributed by atoms with van der Waals surface area (Å²) in [6.45, 7) is 2.43. The molecule has 4 nitrogen and oxygen atoms in total. The second kappa shape index (κ2) is 5.25. The summed E-state index contributed by atoms with van der Waals surface area (Å²) in [5.41, 5.74) is 9.15. The molecule has 1 aromatic heterocycles. The fourth-order valence-corrected chi connectivity index (χ4v) is 2.02. The summed E-state index contributed by atoms with van der Waals surface area (Å²) in [6, 6.07) is 13.4. The van der Waals surface area contributed by atoms with Gasteiger partial charge in [-0.1, -0.05) is 19.1 Å². The number of nitrogens with two attached hydrogens (primary N) is 1. The van der Waals surface area contributed by atoms with Crippen LogP contribution in [-0.2, 0) is 13.0 Å². The number of hydrogen-bond donors (Lipinski definition) is 1. The van der Waals surface area contributed by atoms with Gasteiger partial charge >= 0.3 is 0 Å². The third kappa shape index (κ3) is 2.59. The fraction of sp³-hybridized carbons (Fsp3) is 0.188. The van der Waals surface area contributed by atoms with Crippen molar-refractivity contribution in [2.24, 2.45) is 0 Å². The van der Waals surface area contributed by atoms with Crippen LogP contribution in [0.5, 0.6) is 5.75 Å². The molecule has 102 valence electrons. The van der Waals surface area contributed by atoms with Gasteiger partial charge in [-0.2, -0.15) is 0 Å². The molecule has 2 N–H and O–H groups in total. The highest BCUT2D eigenvalue weighted by atomic mass is 16.5. The minimum Gasteiger partial charge on any atom is -0.484 e. The Kier molecular flexibility index (Phi) is 3.29. The Morgan fingerprint density at radius 2 is 1.95 bits per heavy atom. The number of aryl methyl sites for hydroxylation is 1. The van der Waals surface area contributed by atoms with Crippen molar-refractivity contribution in [3.63, 3.8) is 0 Å². The van der Waals surface area contributed by atoms with Crippen molar-refractivity contribution < 1.29 is 9.15 Å². The molecule has 0 amide bonds. The molecular weight excluding hydrogens is 252 g/mol. The third-order valence-corrected chi connectivity index (χ3v) is 3.15. The van der Waals surface area contributed by atoms with Gasteiger partial charge in [0.05, 0.1) is 0 Å². The minimum atomic E-state index is 0.306. The Morgan fingerprint density at radius 3 is 2.70 bits per heavy atom. The van der Waals surface area contributed by atoms with Gasteiger partial charge in [-0.3, -0.25) is 0 Å². The lowest BCUT2D eigenvalue weighted by molar-refractivity contribution is 0.267. The number of hydrogen-bond acceptors (Lipinski definition) is 4. The van der Waals surface area contributed by atoms with Crippen LogP contribution in [0.1, 0.15) is 18.4 Å². The van der Waals surface area contributed by atoms with Gasteiger partial charge in [0.2, 0.25) is 5.89 Å². The highest BCUT2D eigenvalue weighted by Crippen LogP contribution is 2.20. The number of aromatic nitrogens is 1. The van der Waals surface area contributed by atoms with Crippen LogP contribution in [0, 0.1) is 0 Å². The molecule has 4 heteroatoms. The first kappa shape index (κ1) is 12.5. The number of rotatable bonds is 4. The zero-order chi connectivity index (χ0) is 13.9. The van der Waals surface area contributed by atoms with Gasteiger partial charge < -0.3 is 14.9 Å². The van der Waals surface area contributed by atoms with Gasteiger partial charge in [0, 0.05) is 5.69 Å². The molecule has 0 aliphatic carbocycles. The van der Waals surface area contributed by atoms with Crippen LogP contribution in [0.2, 0.25) is 0 Å². The second-order valence-corrected chi connectivity index (χ2v) is 4.62. The minimum absolute atomic E-state index is 0.306. The molecule has 0 unspecified atom stereocenters. The first-order chi connectivity index (χ1) is 9.74. The molecule has 0 radical (unpaired) electrons. The van der Waals surface area contributed by atoms with E-state index in [1.54, 1.807) is 12.1 Å². The van der Waals surface area contributed by atoms with Crippen molar-refractivity contribution in [1.82, 2.24) is 4.98 Å². The van der Waals surface area contributed by atoms with Gasteiger partial charge in [-0.15, -0.1) is 0 Å². The van der Waals surface area contributed by atoms with E-state index in [0.717, 1.165) is 23.3 Å². The first-order valence-corrected chi connectivity index (χ1v) is 6.61. The summed E-state index contributed by atoms with van der Waals surface area (Å²) >= 11 is 0. The number of fused-ring (bicyclic) bond motifs is 1. The summed E-state index contributed by atoms with van der Waals surface area (Å²) in [4.78, 5) is 4.35. The zero-order valence-corrected chi connectivity index (χ0v) is 11.3. The molecular formula is C16H16N2O2. The predicted octanol–water partition coefficient (Wildman–Crippen LogP) is 3.55. The van der Waals surface area contributed by atoms with Crippen LogP contribution in [0.4, 0.5) is 5.69 Å². The molecule has 0 aliphatic rings. The van der Waals surface area contributed by atoms with E-state index < -0.39 is 0 Å². The summed E-state index contributed by atoms with van der Waals surface area (Å²) in [5.74, 6) is 1.36. The van der Waals surface area contributed by atoms with Crippen LogP contribution in [0.25, 0.3) is 11.1 Å². The largest absolute Gasteiger partial charge is 0.484 e. The van der Waals surface area contributed by atoms with E-state index in [0.29, 0.717) is 18.2 Å². The SMILES string of the molecule is CCc1ccc(OCc2nc3cc(N)ccc3o2)cc1. The quantitative estimate of drug-likeness (QED) is 0.735. The van der Waals surface area contributed by atoms with Crippen molar-refractivity contribution >= 4 is 16.8 Å². The normalized spacial score (nSPS) is 10.8. The molecule has 0 fully saturated rings. The average Bonchev–Trinajstić information content (AvgIpc) is 2.87. The van der Waals surface area contributed by atoms with E-state index in [9.17, 15) is 0 Å². The second-order valence-electron chi connectivity index (χ2n) is 4.62. The third-order valence-electron chi connectivity index (χ3n) is 3.15. The number of anilines is 1. The van der Waals surface area contributed by atoms with Gasteiger partial charge in [-0.25, -0.2) is 4.98 Å². The number of nitrogen functional groups attached to an aromatic ring is 1. The van der Waals surface area contributed by atoms with E-state index in [4.69, 9.17) is 14.9 Å². The highest BCUT2D eigenvalue weighted by Gasteiger charge is 2.06. The smallest absolute Gasteiger partial charge is 0.233 e. The molecule has 3 rings (SSSR count). The molecule has 0 aliphatic heterocycles. The van der Waals surface area contributed by atoms with E-state index >= 15 is 0 Å². The Morgan fingerprint density at radius 1 is 1.15 bits per heavy atom. The molecule has 0 saturated heterocycles. The van der Waals surface area contributed by atoms with E-state index in [-0.39, 0.29) is 0 Å². The van der Waals surface area contributed by atoms with E-state index in [2.05, 4.69) is 24.0 Å². The van der Waals surface area contributed by atoms with Crippen LogP contribution in [0.15, 0.2) is 46.9 Å². The zero-order valence-electron chi connectivity index (χ0n) is 11.3. The van der Waals surface area contributed by atoms with Crippen molar-refractivity contribution in [2.45, 2.75) is 20.0 Å². The maximum absolute atomic E-state index is 5.71. The van der Waals surface area contributed by atoms with Crippen LogP contribution in [-0.4, -0.2) is 4.98 Å². The van der Waals surface area contributed by atoms with Gasteiger partial charge in [-0.05, 0) is 42.3 Å². The molecule has 0 atom stereocenters. The Hall–Kier alpha value is -2.49. The molecule has 1 heterocycles. The number of oxazole rings is 1. The maximum Gasteiger partial charge on any atom is 0.233 e. The van der Waals surface area contributed by atoms with E-state index in [1.165, 1.54) is 5.56 Å². The van der Waals surface area contributed by atoms with Crippen molar-refractivity contribution in [2.75, 3.05) is 5.73 Å². The maximum atomic E-state index is 5.71. The van der Waals surface area contributed by atoms with Gasteiger partial charge in [0.1, 0.15) is 11.3 Å². The van der Waals surface area contributed by atoms with Gasteiger partial charge in [0.15, 0.2) is 12.2 Å². The lowest BCUT2D eigenvalue weighted by Crippen LogP contribution is -1.95. The van der Waals surface area contributed by atoms with Crippen LogP contribution >= 0.6 is 0 Å². The lowest BCUT2D eigenvalue weighted by Gasteiger charge is -2.04. The van der Waals surface area contributed by atoms with Crippen LogP contribution in [0.3, 0.4) is 0 Å². The summed E-state index contributed by atoms with van der Waals surface area (Å²) < 4.78 is 11.3. The molecule has 3 aromatic rings. The summed E-state index contributed by atoms with van der Waals surface area (Å²) in [6.07, 6.45) is 1.02. The molecule has 2 aromatic carbocycles. The summed E-state index contributed by atoms with van der Waals surface area (Å²) in [7, 11) is 0. The monoisotopic (exact) mass is 268 g/mol. The Balaban J connectivity index is 1.72. The van der Waals surface area contributed by atoms with Crippen molar-refractivity contribution in [3.8, 4) is 5.75 Å². The predicted molar refractivity (Wildman–Crippen MR) is 78.6 cm³/mol. The van der Waals surface area contributed by atoms with Gasteiger partial charge in [0.25, 0.3) is 0 Å². The molecule has 0 spiro atoms. The number of benzene rings is 2. The number of nitrogens with zero attached hydrogens (tertiary/aromatic N) is 1. The van der Waals surface area contributed by atoms with Crippen LogP contribution < -0.4 is 10.5 Å². The fourth-order valence-electron chi connectivity index (χ4n) is 2.02.